The Labute approximate surface area is 113 Å². The number of halogens is 1. The molecule has 0 bridgehead atoms. The third-order valence-electron chi connectivity index (χ3n) is 2.40. The van der Waals surface area contributed by atoms with Crippen molar-refractivity contribution in [3.05, 3.63) is 57.2 Å². The molecule has 0 atom stereocenters. The fourth-order valence-electron chi connectivity index (χ4n) is 1.48. The molecule has 2 N–H and O–H groups in total. The summed E-state index contributed by atoms with van der Waals surface area (Å²) in [6, 6.07) is 7.64. The van der Waals surface area contributed by atoms with Gasteiger partial charge in [-0.15, -0.1) is 0 Å². The van der Waals surface area contributed by atoms with Crippen molar-refractivity contribution in [2.45, 2.75) is 6.54 Å². The average molecular weight is 280 g/mol. The van der Waals surface area contributed by atoms with Crippen molar-refractivity contribution in [1.29, 1.82) is 0 Å². The topological polar surface area (TPSA) is 91.3 Å². The van der Waals surface area contributed by atoms with Crippen LogP contribution in [-0.2, 0) is 6.54 Å². The van der Waals surface area contributed by atoms with Gasteiger partial charge in [-0.2, -0.15) is 0 Å². The van der Waals surface area contributed by atoms with Crippen LogP contribution in [0.3, 0.4) is 0 Å². The molecule has 0 aliphatic carbocycles. The molecule has 0 unspecified atom stereocenters. The van der Waals surface area contributed by atoms with Crippen molar-refractivity contribution in [2.75, 3.05) is 0 Å². The molecule has 0 aliphatic heterocycles. The number of nitrogens with two attached hydrogens (primary N) is 1. The van der Waals surface area contributed by atoms with Crippen LogP contribution < -0.4 is 10.5 Å². The first-order valence-electron chi connectivity index (χ1n) is 5.37. The number of pyridine rings is 1. The normalized spacial score (nSPS) is 10.2. The monoisotopic (exact) mass is 279 g/mol. The Kier molecular flexibility index (Phi) is 3.94. The van der Waals surface area contributed by atoms with Crippen LogP contribution in [0.25, 0.3) is 0 Å². The highest BCUT2D eigenvalue weighted by Crippen LogP contribution is 2.31. The van der Waals surface area contributed by atoms with Crippen molar-refractivity contribution in [3.8, 4) is 11.6 Å². The Bertz CT molecular complexity index is 619. The molecule has 0 spiro atoms. The molecule has 1 aromatic heterocycles. The average Bonchev–Trinajstić information content (AvgIpc) is 2.39. The first kappa shape index (κ1) is 13.3. The number of hydrogen-bond acceptors (Lipinski definition) is 5. The van der Waals surface area contributed by atoms with Crippen molar-refractivity contribution >= 4 is 17.3 Å². The zero-order valence-electron chi connectivity index (χ0n) is 9.75. The van der Waals surface area contributed by atoms with Gasteiger partial charge in [-0.25, -0.2) is 4.98 Å². The number of nitro benzene ring substituents is 1. The summed E-state index contributed by atoms with van der Waals surface area (Å²) in [5.74, 6) is 0.721. The van der Waals surface area contributed by atoms with Gasteiger partial charge >= 0.3 is 0 Å². The third kappa shape index (κ3) is 2.98. The number of nitrogens with zero attached hydrogens (tertiary/aromatic N) is 2. The fourth-order valence-corrected chi connectivity index (χ4v) is 1.72. The maximum absolute atomic E-state index is 10.6. The molecule has 2 rings (SSSR count). The minimum Gasteiger partial charge on any atom is -0.439 e. The highest BCUT2D eigenvalue weighted by atomic mass is 35.5. The first-order valence-corrected chi connectivity index (χ1v) is 5.75. The van der Waals surface area contributed by atoms with Crippen molar-refractivity contribution < 1.29 is 9.66 Å². The highest BCUT2D eigenvalue weighted by molar-refractivity contribution is 6.32. The van der Waals surface area contributed by atoms with Gasteiger partial charge in [0.15, 0.2) is 0 Å². The predicted octanol–water partition coefficient (Wildman–Crippen LogP) is 2.89. The molecule has 2 aromatic rings. The van der Waals surface area contributed by atoms with Gasteiger partial charge < -0.3 is 10.5 Å². The quantitative estimate of drug-likeness (QED) is 0.686. The maximum Gasteiger partial charge on any atom is 0.288 e. The van der Waals surface area contributed by atoms with E-state index in [1.807, 2.05) is 0 Å². The van der Waals surface area contributed by atoms with E-state index in [-0.39, 0.29) is 17.3 Å². The molecule has 6 nitrogen and oxygen atoms in total. The number of benzene rings is 1. The molecule has 0 aliphatic rings. The van der Waals surface area contributed by atoms with Crippen LogP contribution >= 0.6 is 11.6 Å². The zero-order valence-corrected chi connectivity index (χ0v) is 10.5. The van der Waals surface area contributed by atoms with Gasteiger partial charge in [-0.05, 0) is 12.1 Å². The minimum atomic E-state index is -0.557. The van der Waals surface area contributed by atoms with Crippen molar-refractivity contribution in [3.63, 3.8) is 0 Å². The van der Waals surface area contributed by atoms with E-state index in [2.05, 4.69) is 4.98 Å². The lowest BCUT2D eigenvalue weighted by atomic mass is 10.2. The Morgan fingerprint density at radius 3 is 2.84 bits per heavy atom. The lowest BCUT2D eigenvalue weighted by Crippen LogP contribution is -2.00. The summed E-state index contributed by atoms with van der Waals surface area (Å²) in [5, 5.41) is 10.7. The van der Waals surface area contributed by atoms with Gasteiger partial charge in [-0.3, -0.25) is 10.1 Å². The van der Waals surface area contributed by atoms with Crippen LogP contribution in [0.2, 0.25) is 5.02 Å². The molecular weight excluding hydrogens is 270 g/mol. The molecular formula is C12H10ClN3O3. The van der Waals surface area contributed by atoms with Crippen molar-refractivity contribution in [2.24, 2.45) is 5.73 Å². The van der Waals surface area contributed by atoms with Crippen LogP contribution in [0.4, 0.5) is 5.69 Å². The number of rotatable bonds is 4. The second-order valence-electron chi connectivity index (χ2n) is 3.64. The second-order valence-corrected chi connectivity index (χ2v) is 4.05. The van der Waals surface area contributed by atoms with E-state index < -0.39 is 4.92 Å². The van der Waals surface area contributed by atoms with Crippen molar-refractivity contribution in [1.82, 2.24) is 4.98 Å². The minimum absolute atomic E-state index is 0.00716. The van der Waals surface area contributed by atoms with Gasteiger partial charge in [0.2, 0.25) is 5.88 Å². The summed E-state index contributed by atoms with van der Waals surface area (Å²) in [6.45, 7) is 0.282. The summed E-state index contributed by atoms with van der Waals surface area (Å²) >= 11 is 5.80. The maximum atomic E-state index is 10.6. The number of ether oxygens (including phenoxy) is 1. The van der Waals surface area contributed by atoms with E-state index in [0.29, 0.717) is 11.6 Å². The van der Waals surface area contributed by atoms with Crippen LogP contribution in [0, 0.1) is 10.1 Å². The number of aromatic nitrogens is 1. The van der Waals surface area contributed by atoms with Gasteiger partial charge in [0.25, 0.3) is 5.69 Å². The van der Waals surface area contributed by atoms with E-state index in [0.717, 1.165) is 5.56 Å². The molecule has 0 amide bonds. The molecule has 19 heavy (non-hydrogen) atoms. The Morgan fingerprint density at radius 1 is 1.42 bits per heavy atom. The Balaban J connectivity index is 2.29. The molecule has 1 heterocycles. The van der Waals surface area contributed by atoms with E-state index in [9.17, 15) is 10.1 Å². The van der Waals surface area contributed by atoms with Crippen LogP contribution in [0.5, 0.6) is 11.6 Å². The summed E-state index contributed by atoms with van der Waals surface area (Å²) in [6.07, 6.45) is 1.57. The molecule has 0 radical (unpaired) electrons. The third-order valence-corrected chi connectivity index (χ3v) is 2.70. The first-order chi connectivity index (χ1) is 9.11. The largest absolute Gasteiger partial charge is 0.439 e. The van der Waals surface area contributed by atoms with E-state index in [1.165, 1.54) is 18.2 Å². The molecule has 0 saturated heterocycles. The fraction of sp³-hybridized carbons (Fsp3) is 0.0833. The van der Waals surface area contributed by atoms with Crippen LogP contribution in [0.1, 0.15) is 5.56 Å². The van der Waals surface area contributed by atoms with Crippen LogP contribution in [-0.4, -0.2) is 9.91 Å². The summed E-state index contributed by atoms with van der Waals surface area (Å²) in [4.78, 5) is 14.1. The standard InChI is InChI=1S/C12H10ClN3O3/c13-10-6-9(3-4-11(10)16(17)18)19-12-8(7-14)2-1-5-15-12/h1-6H,7,14H2. The van der Waals surface area contributed by atoms with E-state index in [4.69, 9.17) is 22.1 Å². The predicted molar refractivity (Wildman–Crippen MR) is 70.3 cm³/mol. The number of hydrogen-bond donors (Lipinski definition) is 1. The molecule has 0 fully saturated rings. The van der Waals surface area contributed by atoms with E-state index >= 15 is 0 Å². The second kappa shape index (κ2) is 5.64. The van der Waals surface area contributed by atoms with Gasteiger partial charge in [-0.1, -0.05) is 17.7 Å². The molecule has 7 heteroatoms. The summed E-state index contributed by atoms with van der Waals surface area (Å²) < 4.78 is 5.52. The lowest BCUT2D eigenvalue weighted by Gasteiger charge is -2.08. The SMILES string of the molecule is NCc1cccnc1Oc1ccc([N+](=O)[O-])c(Cl)c1. The smallest absolute Gasteiger partial charge is 0.288 e. The zero-order chi connectivity index (χ0) is 13.8. The van der Waals surface area contributed by atoms with Gasteiger partial charge in [0.05, 0.1) is 4.92 Å². The lowest BCUT2D eigenvalue weighted by molar-refractivity contribution is -0.384. The molecule has 1 aromatic carbocycles. The highest BCUT2D eigenvalue weighted by Gasteiger charge is 2.13. The summed E-state index contributed by atoms with van der Waals surface area (Å²) in [5.41, 5.74) is 6.12. The molecule has 98 valence electrons. The Hall–Kier alpha value is -2.18. The summed E-state index contributed by atoms with van der Waals surface area (Å²) in [7, 11) is 0. The van der Waals surface area contributed by atoms with E-state index in [1.54, 1.807) is 18.3 Å². The molecule has 0 saturated carbocycles. The van der Waals surface area contributed by atoms with Gasteiger partial charge in [0, 0.05) is 30.4 Å². The van der Waals surface area contributed by atoms with Gasteiger partial charge in [0.1, 0.15) is 10.8 Å². The number of nitro groups is 1. The Morgan fingerprint density at radius 2 is 2.21 bits per heavy atom. The van der Waals surface area contributed by atoms with Crippen LogP contribution in [0.15, 0.2) is 36.5 Å².